The molecule has 1 aliphatic heterocycles. The summed E-state index contributed by atoms with van der Waals surface area (Å²) in [6.07, 6.45) is 5.13. The molecule has 0 spiro atoms. The Kier molecular flexibility index (Phi) is 6.63. The smallest absolute Gasteiger partial charge is 0.411 e. The summed E-state index contributed by atoms with van der Waals surface area (Å²) in [7, 11) is 0. The molecule has 31 heavy (non-hydrogen) atoms. The second-order valence-electron chi connectivity index (χ2n) is 7.98. The van der Waals surface area contributed by atoms with Gasteiger partial charge in [-0.3, -0.25) is 9.88 Å². The van der Waals surface area contributed by atoms with Crippen LogP contribution in [0.2, 0.25) is 0 Å². The molecular formula is C26H28N2O3. The maximum absolute atomic E-state index is 13.1. The van der Waals surface area contributed by atoms with E-state index < -0.39 is 0 Å². The Bertz CT molecular complexity index is 977. The van der Waals surface area contributed by atoms with Crippen molar-refractivity contribution >= 4 is 6.09 Å². The average molecular weight is 417 g/mol. The van der Waals surface area contributed by atoms with Gasteiger partial charge in [0.1, 0.15) is 6.10 Å². The van der Waals surface area contributed by atoms with Crippen molar-refractivity contribution in [3.63, 3.8) is 0 Å². The van der Waals surface area contributed by atoms with Gasteiger partial charge in [-0.25, -0.2) is 4.79 Å². The first-order valence-corrected chi connectivity index (χ1v) is 10.8. The number of aliphatic hydroxyl groups is 1. The molecule has 0 aliphatic carbocycles. The van der Waals surface area contributed by atoms with Crippen LogP contribution in [0.15, 0.2) is 79.1 Å². The molecule has 0 saturated carbocycles. The number of carbonyl (C=O) groups is 1. The van der Waals surface area contributed by atoms with Crippen molar-refractivity contribution in [2.24, 2.45) is 0 Å². The highest BCUT2D eigenvalue weighted by Crippen LogP contribution is 2.37. The van der Waals surface area contributed by atoms with Gasteiger partial charge in [0, 0.05) is 31.5 Å². The SMILES string of the molecule is C[C@@H](c1ccc(-c2ccncc2)cc1)N1C(=O)OC(c2ccccc2)CC1CCCO. The molecule has 3 aromatic rings. The third-order valence-electron chi connectivity index (χ3n) is 6.02. The highest BCUT2D eigenvalue weighted by atomic mass is 16.6. The Morgan fingerprint density at radius 1 is 1.03 bits per heavy atom. The van der Waals surface area contributed by atoms with Crippen LogP contribution in [-0.4, -0.2) is 33.7 Å². The lowest BCUT2D eigenvalue weighted by atomic mass is 9.93. The topological polar surface area (TPSA) is 62.7 Å². The van der Waals surface area contributed by atoms with Gasteiger partial charge >= 0.3 is 6.09 Å². The highest BCUT2D eigenvalue weighted by molar-refractivity contribution is 5.70. The van der Waals surface area contributed by atoms with Gasteiger partial charge in [0.05, 0.1) is 6.04 Å². The lowest BCUT2D eigenvalue weighted by Crippen LogP contribution is -2.47. The van der Waals surface area contributed by atoms with Gasteiger partial charge in [-0.1, -0.05) is 54.6 Å². The van der Waals surface area contributed by atoms with Crippen molar-refractivity contribution in [2.75, 3.05) is 6.61 Å². The fourth-order valence-corrected chi connectivity index (χ4v) is 4.33. The molecule has 0 bridgehead atoms. The molecule has 1 fully saturated rings. The van der Waals surface area contributed by atoms with Crippen molar-refractivity contribution in [2.45, 2.75) is 44.4 Å². The zero-order valence-electron chi connectivity index (χ0n) is 17.7. The number of aliphatic hydroxyl groups excluding tert-OH is 1. The number of hydrogen-bond acceptors (Lipinski definition) is 4. The summed E-state index contributed by atoms with van der Waals surface area (Å²) in [6, 6.07) is 22.0. The highest BCUT2D eigenvalue weighted by Gasteiger charge is 2.38. The molecular weight excluding hydrogens is 388 g/mol. The number of benzene rings is 2. The fourth-order valence-electron chi connectivity index (χ4n) is 4.33. The quantitative estimate of drug-likeness (QED) is 0.550. The molecule has 5 nitrogen and oxygen atoms in total. The maximum atomic E-state index is 13.1. The van der Waals surface area contributed by atoms with E-state index in [1.807, 2.05) is 54.3 Å². The van der Waals surface area contributed by atoms with Crippen LogP contribution < -0.4 is 0 Å². The van der Waals surface area contributed by atoms with Crippen LogP contribution in [0.25, 0.3) is 11.1 Å². The number of rotatable bonds is 7. The zero-order valence-corrected chi connectivity index (χ0v) is 17.7. The van der Waals surface area contributed by atoms with Crippen LogP contribution in [0.3, 0.4) is 0 Å². The first-order chi connectivity index (χ1) is 15.2. The number of pyridine rings is 1. The summed E-state index contributed by atoms with van der Waals surface area (Å²) in [5.74, 6) is 0. The van der Waals surface area contributed by atoms with Gasteiger partial charge in [-0.2, -0.15) is 0 Å². The van der Waals surface area contributed by atoms with Crippen LogP contribution in [0.4, 0.5) is 4.79 Å². The standard InChI is InChI=1S/C26H28N2O3/c1-19(20-9-11-21(12-10-20)22-13-15-27-16-14-22)28-24(8-5-17-29)18-25(31-26(28)30)23-6-3-2-4-7-23/h2-4,6-7,9-16,19,24-25,29H,5,8,17-18H2,1H3/t19-,24?,25?/m0/s1. The molecule has 1 aliphatic rings. The molecule has 3 atom stereocenters. The Morgan fingerprint density at radius 3 is 2.39 bits per heavy atom. The number of cyclic esters (lactones) is 1. The molecule has 4 rings (SSSR count). The average Bonchev–Trinajstić information content (AvgIpc) is 2.83. The number of carbonyl (C=O) groups excluding carboxylic acids is 1. The Labute approximate surface area is 183 Å². The lowest BCUT2D eigenvalue weighted by molar-refractivity contribution is -0.0199. The molecule has 1 amide bonds. The molecule has 0 radical (unpaired) electrons. The van der Waals surface area contributed by atoms with E-state index in [9.17, 15) is 9.90 Å². The van der Waals surface area contributed by atoms with Crippen molar-refractivity contribution < 1.29 is 14.6 Å². The third kappa shape index (κ3) is 4.78. The van der Waals surface area contributed by atoms with Gasteiger partial charge in [0.2, 0.25) is 0 Å². The minimum absolute atomic E-state index is 0.00785. The van der Waals surface area contributed by atoms with E-state index in [0.29, 0.717) is 6.42 Å². The van der Waals surface area contributed by atoms with Crippen LogP contribution in [-0.2, 0) is 4.74 Å². The van der Waals surface area contributed by atoms with Crippen LogP contribution >= 0.6 is 0 Å². The number of amides is 1. The summed E-state index contributed by atoms with van der Waals surface area (Å²) in [5, 5.41) is 9.39. The molecule has 2 aromatic carbocycles. The van der Waals surface area contributed by atoms with Crippen LogP contribution in [0.5, 0.6) is 0 Å². The molecule has 2 unspecified atom stereocenters. The number of ether oxygens (including phenoxy) is 1. The molecule has 2 heterocycles. The minimum atomic E-state index is -0.297. The van der Waals surface area contributed by atoms with Crippen molar-refractivity contribution in [1.82, 2.24) is 9.88 Å². The van der Waals surface area contributed by atoms with E-state index in [0.717, 1.165) is 35.1 Å². The number of hydrogen-bond donors (Lipinski definition) is 1. The van der Waals surface area contributed by atoms with E-state index in [1.165, 1.54) is 0 Å². The summed E-state index contributed by atoms with van der Waals surface area (Å²) < 4.78 is 5.85. The molecule has 1 N–H and O–H groups in total. The normalized spacial score (nSPS) is 19.7. The Morgan fingerprint density at radius 2 is 1.71 bits per heavy atom. The molecule has 160 valence electrons. The van der Waals surface area contributed by atoms with Gasteiger partial charge < -0.3 is 9.84 Å². The van der Waals surface area contributed by atoms with Gasteiger partial charge in [0.25, 0.3) is 0 Å². The van der Waals surface area contributed by atoms with E-state index in [1.54, 1.807) is 12.4 Å². The summed E-state index contributed by atoms with van der Waals surface area (Å²) >= 11 is 0. The summed E-state index contributed by atoms with van der Waals surface area (Å²) in [5.41, 5.74) is 4.29. The van der Waals surface area contributed by atoms with Gasteiger partial charge in [-0.05, 0) is 54.2 Å². The second-order valence-corrected chi connectivity index (χ2v) is 7.98. The minimum Gasteiger partial charge on any atom is -0.441 e. The first kappa shape index (κ1) is 21.1. The number of aromatic nitrogens is 1. The van der Waals surface area contributed by atoms with Gasteiger partial charge in [0.15, 0.2) is 0 Å². The molecule has 1 saturated heterocycles. The Balaban J connectivity index is 1.55. The van der Waals surface area contributed by atoms with Crippen LogP contribution in [0.1, 0.15) is 49.5 Å². The summed E-state index contributed by atoms with van der Waals surface area (Å²) in [6.45, 7) is 2.15. The second kappa shape index (κ2) is 9.75. The first-order valence-electron chi connectivity index (χ1n) is 10.8. The Hall–Kier alpha value is -3.18. The van der Waals surface area contributed by atoms with Crippen LogP contribution in [0, 0.1) is 0 Å². The largest absolute Gasteiger partial charge is 0.441 e. The van der Waals surface area contributed by atoms with Crippen molar-refractivity contribution in [1.29, 1.82) is 0 Å². The zero-order chi connectivity index (χ0) is 21.6. The van der Waals surface area contributed by atoms with E-state index in [-0.39, 0.29) is 30.9 Å². The van der Waals surface area contributed by atoms with E-state index >= 15 is 0 Å². The fraction of sp³-hybridized carbons (Fsp3) is 0.308. The molecule has 1 aromatic heterocycles. The van der Waals surface area contributed by atoms with Gasteiger partial charge in [-0.15, -0.1) is 0 Å². The summed E-state index contributed by atoms with van der Waals surface area (Å²) in [4.78, 5) is 19.0. The predicted molar refractivity (Wildman–Crippen MR) is 120 cm³/mol. The van der Waals surface area contributed by atoms with Crippen molar-refractivity contribution in [3.05, 3.63) is 90.3 Å². The monoisotopic (exact) mass is 416 g/mol. The maximum Gasteiger partial charge on any atom is 0.411 e. The third-order valence-corrected chi connectivity index (χ3v) is 6.02. The van der Waals surface area contributed by atoms with Crippen molar-refractivity contribution in [3.8, 4) is 11.1 Å². The van der Waals surface area contributed by atoms with E-state index in [4.69, 9.17) is 4.74 Å². The molecule has 5 heteroatoms. The number of nitrogens with zero attached hydrogens (tertiary/aromatic N) is 2. The lowest BCUT2D eigenvalue weighted by Gasteiger charge is -2.42. The predicted octanol–water partition coefficient (Wildman–Crippen LogP) is 5.53. The van der Waals surface area contributed by atoms with E-state index in [2.05, 4.69) is 29.2 Å².